The quantitative estimate of drug-likeness (QED) is 0.140. The van der Waals surface area contributed by atoms with E-state index < -0.39 is 41.5 Å². The number of fused-ring (bicyclic) bond motifs is 1. The molecule has 2 aliphatic heterocycles. The summed E-state index contributed by atoms with van der Waals surface area (Å²) >= 11 is 1.37. The van der Waals surface area contributed by atoms with Gasteiger partial charge in [-0.1, -0.05) is 13.8 Å². The number of amides is 3. The number of hydrogen-bond acceptors (Lipinski definition) is 8. The standard InChI is InChI=1S/C20H33N3O8S/c1-10(25)14-11-8-12(15(19(30)31)23(11)18(14)29)32-7-6-21-13(26)4-5-22-17(28)16(27)20(2,3)9-24/h10-12,14-16,24-25,27H,4-9H2,1-3H3,(H,21,26)(H,22,28)(H,30,31). The van der Waals surface area contributed by atoms with Crippen molar-refractivity contribution < 1.29 is 39.6 Å². The van der Waals surface area contributed by atoms with E-state index in [4.69, 9.17) is 0 Å². The minimum absolute atomic E-state index is 0.00425. The molecule has 0 aromatic rings. The monoisotopic (exact) mass is 475 g/mol. The third-order valence-corrected chi connectivity index (χ3v) is 7.33. The molecule has 6 atom stereocenters. The fourth-order valence-corrected chi connectivity index (χ4v) is 5.32. The van der Waals surface area contributed by atoms with E-state index in [-0.39, 0.29) is 42.7 Å². The van der Waals surface area contributed by atoms with Crippen molar-refractivity contribution in [1.82, 2.24) is 15.5 Å². The van der Waals surface area contributed by atoms with E-state index in [1.165, 1.54) is 23.6 Å². The number of nitrogens with one attached hydrogen (secondary N) is 2. The van der Waals surface area contributed by atoms with Gasteiger partial charge in [-0.15, -0.1) is 0 Å². The van der Waals surface area contributed by atoms with Crippen molar-refractivity contribution in [3.63, 3.8) is 0 Å². The lowest BCUT2D eigenvalue weighted by atomic mass is 9.84. The summed E-state index contributed by atoms with van der Waals surface area (Å²) in [4.78, 5) is 49.0. The van der Waals surface area contributed by atoms with Gasteiger partial charge in [-0.2, -0.15) is 11.8 Å². The molecular weight excluding hydrogens is 442 g/mol. The van der Waals surface area contributed by atoms with Gasteiger partial charge >= 0.3 is 5.97 Å². The summed E-state index contributed by atoms with van der Waals surface area (Å²) in [5.41, 5.74) is -0.993. The van der Waals surface area contributed by atoms with Gasteiger partial charge in [0.1, 0.15) is 12.1 Å². The van der Waals surface area contributed by atoms with Crippen molar-refractivity contribution in [3.05, 3.63) is 0 Å². The zero-order chi connectivity index (χ0) is 24.2. The number of carboxylic acid groups (broad SMARTS) is 1. The summed E-state index contributed by atoms with van der Waals surface area (Å²) in [7, 11) is 0. The molecule has 6 N–H and O–H groups in total. The second kappa shape index (κ2) is 10.8. The van der Waals surface area contributed by atoms with Gasteiger partial charge in [-0.3, -0.25) is 14.4 Å². The normalized spacial score (nSPS) is 26.7. The fraction of sp³-hybridized carbons (Fsp3) is 0.800. The van der Waals surface area contributed by atoms with E-state index in [0.29, 0.717) is 18.7 Å². The first-order valence-corrected chi connectivity index (χ1v) is 11.6. The number of carboxylic acids is 1. The zero-order valence-electron chi connectivity index (χ0n) is 18.5. The predicted molar refractivity (Wildman–Crippen MR) is 116 cm³/mol. The Bertz CT molecular complexity index is 732. The topological polar surface area (TPSA) is 176 Å². The number of aliphatic hydroxyl groups excluding tert-OH is 3. The molecule has 2 aliphatic rings. The first-order valence-electron chi connectivity index (χ1n) is 10.6. The lowest BCUT2D eigenvalue weighted by Crippen LogP contribution is -2.64. The maximum Gasteiger partial charge on any atom is 0.327 e. The number of thioether (sulfide) groups is 1. The van der Waals surface area contributed by atoms with Crippen LogP contribution in [0.3, 0.4) is 0 Å². The van der Waals surface area contributed by atoms with Crippen LogP contribution in [-0.2, 0) is 19.2 Å². The molecule has 11 nitrogen and oxygen atoms in total. The summed E-state index contributed by atoms with van der Waals surface area (Å²) in [6.07, 6.45) is -1.73. The van der Waals surface area contributed by atoms with Gasteiger partial charge in [0.25, 0.3) is 0 Å². The van der Waals surface area contributed by atoms with E-state index >= 15 is 0 Å². The van der Waals surface area contributed by atoms with E-state index in [0.717, 1.165) is 0 Å². The van der Waals surface area contributed by atoms with Crippen molar-refractivity contribution in [1.29, 1.82) is 0 Å². The number of rotatable bonds is 12. The maximum absolute atomic E-state index is 12.2. The molecule has 6 unspecified atom stereocenters. The van der Waals surface area contributed by atoms with Crippen LogP contribution < -0.4 is 10.6 Å². The Morgan fingerprint density at radius 1 is 1.22 bits per heavy atom. The molecule has 32 heavy (non-hydrogen) atoms. The molecule has 0 aromatic carbocycles. The van der Waals surface area contributed by atoms with E-state index in [1.807, 2.05) is 0 Å². The Kier molecular flexibility index (Phi) is 8.91. The van der Waals surface area contributed by atoms with Crippen molar-refractivity contribution in [3.8, 4) is 0 Å². The molecule has 3 amide bonds. The second-order valence-electron chi connectivity index (χ2n) is 8.95. The number of aliphatic carboxylic acids is 1. The van der Waals surface area contributed by atoms with Crippen molar-refractivity contribution in [2.75, 3.05) is 25.4 Å². The molecule has 0 aliphatic carbocycles. The highest BCUT2D eigenvalue weighted by molar-refractivity contribution is 8.00. The highest BCUT2D eigenvalue weighted by Gasteiger charge is 2.61. The number of carbonyl (C=O) groups is 4. The number of β-lactam (4-membered cyclic amide) rings is 1. The first kappa shape index (κ1) is 26.4. The molecule has 12 heteroatoms. The van der Waals surface area contributed by atoms with Crippen molar-refractivity contribution >= 4 is 35.5 Å². The Balaban J connectivity index is 1.70. The highest BCUT2D eigenvalue weighted by atomic mass is 32.2. The van der Waals surface area contributed by atoms with E-state index in [2.05, 4.69) is 10.6 Å². The van der Waals surface area contributed by atoms with Crippen LogP contribution in [0.15, 0.2) is 0 Å². The summed E-state index contributed by atoms with van der Waals surface area (Å²) in [6, 6.07) is -1.21. The maximum atomic E-state index is 12.2. The predicted octanol–water partition coefficient (Wildman–Crippen LogP) is -1.85. The summed E-state index contributed by atoms with van der Waals surface area (Å²) < 4.78 is 0. The molecule has 0 radical (unpaired) electrons. The van der Waals surface area contributed by atoms with Gasteiger partial charge in [-0.05, 0) is 13.3 Å². The van der Waals surface area contributed by atoms with Crippen LogP contribution in [0, 0.1) is 11.3 Å². The third kappa shape index (κ3) is 5.72. The molecule has 0 aromatic heterocycles. The molecule has 2 saturated heterocycles. The minimum Gasteiger partial charge on any atom is -0.480 e. The Hall–Kier alpha value is -1.89. The molecule has 2 fully saturated rings. The lowest BCUT2D eigenvalue weighted by molar-refractivity contribution is -0.169. The summed E-state index contributed by atoms with van der Waals surface area (Å²) in [6.45, 7) is 4.57. The minimum atomic E-state index is -1.40. The molecule has 0 spiro atoms. The van der Waals surface area contributed by atoms with Crippen molar-refractivity contribution in [2.45, 2.75) is 63.2 Å². The highest BCUT2D eigenvalue weighted by Crippen LogP contribution is 2.45. The van der Waals surface area contributed by atoms with Crippen LogP contribution in [0.1, 0.15) is 33.6 Å². The van der Waals surface area contributed by atoms with Gasteiger partial charge in [0.2, 0.25) is 17.7 Å². The Morgan fingerprint density at radius 3 is 2.44 bits per heavy atom. The average Bonchev–Trinajstić information content (AvgIpc) is 3.04. The summed E-state index contributed by atoms with van der Waals surface area (Å²) in [5.74, 6) is -2.49. The van der Waals surface area contributed by atoms with E-state index in [1.54, 1.807) is 13.8 Å². The Morgan fingerprint density at radius 2 is 1.88 bits per heavy atom. The molecule has 2 rings (SSSR count). The lowest BCUT2D eigenvalue weighted by Gasteiger charge is -2.45. The summed E-state index contributed by atoms with van der Waals surface area (Å²) in [5, 5.41) is 43.2. The second-order valence-corrected chi connectivity index (χ2v) is 10.3. The smallest absolute Gasteiger partial charge is 0.327 e. The number of aliphatic hydroxyl groups is 3. The number of carbonyl (C=O) groups excluding carboxylic acids is 3. The number of nitrogens with zero attached hydrogens (tertiary/aromatic N) is 1. The number of hydrogen-bond donors (Lipinski definition) is 6. The SMILES string of the molecule is CC(O)C1C(=O)N2C1CC(SCCNC(=O)CCNC(=O)C(O)C(C)(C)CO)C2C(=O)O. The molecule has 2 heterocycles. The van der Waals surface area contributed by atoms with Gasteiger partial charge in [0.15, 0.2) is 0 Å². The molecule has 182 valence electrons. The van der Waals surface area contributed by atoms with Crippen LogP contribution in [0.5, 0.6) is 0 Å². The largest absolute Gasteiger partial charge is 0.480 e. The van der Waals surface area contributed by atoms with Crippen LogP contribution in [-0.4, -0.2) is 104 Å². The van der Waals surface area contributed by atoms with Gasteiger partial charge in [-0.25, -0.2) is 4.79 Å². The van der Waals surface area contributed by atoms with Crippen LogP contribution in [0.4, 0.5) is 0 Å². The average molecular weight is 476 g/mol. The van der Waals surface area contributed by atoms with Crippen LogP contribution in [0.25, 0.3) is 0 Å². The first-order chi connectivity index (χ1) is 14.9. The van der Waals surface area contributed by atoms with Crippen LogP contribution >= 0.6 is 11.8 Å². The molecule has 0 saturated carbocycles. The van der Waals surface area contributed by atoms with Crippen molar-refractivity contribution in [2.24, 2.45) is 11.3 Å². The van der Waals surface area contributed by atoms with Gasteiger partial charge in [0, 0.05) is 42.0 Å². The van der Waals surface area contributed by atoms with Crippen LogP contribution in [0.2, 0.25) is 0 Å². The fourth-order valence-electron chi connectivity index (χ4n) is 4.03. The molecular formula is C20H33N3O8S. The Labute approximate surface area is 190 Å². The van der Waals surface area contributed by atoms with Gasteiger partial charge in [0.05, 0.1) is 18.6 Å². The third-order valence-electron chi connectivity index (χ3n) is 6.01. The molecule has 0 bridgehead atoms. The van der Waals surface area contributed by atoms with E-state index in [9.17, 15) is 39.6 Å². The zero-order valence-corrected chi connectivity index (χ0v) is 19.3. The van der Waals surface area contributed by atoms with Gasteiger partial charge < -0.3 is 36.0 Å².